The summed E-state index contributed by atoms with van der Waals surface area (Å²) < 4.78 is 36.0. The van der Waals surface area contributed by atoms with Gasteiger partial charge < -0.3 is 14.8 Å². The van der Waals surface area contributed by atoms with Gasteiger partial charge in [-0.25, -0.2) is 8.42 Å². The second kappa shape index (κ2) is 11.3. The smallest absolute Gasteiger partial charge is 0.244 e. The van der Waals surface area contributed by atoms with E-state index in [1.165, 1.54) is 14.0 Å². The van der Waals surface area contributed by atoms with Crippen LogP contribution in [0.1, 0.15) is 13.8 Å². The summed E-state index contributed by atoms with van der Waals surface area (Å²) in [6.07, 6.45) is 0.991. The van der Waals surface area contributed by atoms with Crippen LogP contribution in [0, 0.1) is 0 Å². The van der Waals surface area contributed by atoms with E-state index in [9.17, 15) is 13.2 Å². The fourth-order valence-electron chi connectivity index (χ4n) is 2.24. The molecule has 0 heterocycles. The quantitative estimate of drug-likeness (QED) is 0.698. The van der Waals surface area contributed by atoms with Crippen molar-refractivity contribution in [3.8, 4) is 11.5 Å². The predicted molar refractivity (Wildman–Crippen MR) is 110 cm³/mol. The monoisotopic (exact) mass is 408 g/mol. The fourth-order valence-corrected chi connectivity index (χ4v) is 3.21. The molecule has 1 amide bonds. The maximum atomic E-state index is 11.9. The first-order valence-corrected chi connectivity index (χ1v) is 10.7. The number of rotatable bonds is 8. The molecule has 0 spiro atoms. The van der Waals surface area contributed by atoms with Gasteiger partial charge >= 0.3 is 0 Å². The third-order valence-corrected chi connectivity index (χ3v) is 4.29. The Labute approximate surface area is 167 Å². The molecule has 2 N–H and O–H groups in total. The van der Waals surface area contributed by atoms with Crippen molar-refractivity contribution in [3.05, 3.63) is 60.7 Å². The number of carbonyl (C=O) groups is 1. The minimum atomic E-state index is -3.57. The normalized spacial score (nSPS) is 12.7. The molecule has 1 unspecified atom stereocenters. The maximum absolute atomic E-state index is 11.9. The van der Waals surface area contributed by atoms with Crippen molar-refractivity contribution in [2.45, 2.75) is 19.4 Å². The van der Waals surface area contributed by atoms with Crippen molar-refractivity contribution in [2.75, 3.05) is 26.5 Å². The second-order valence-electron chi connectivity index (χ2n) is 6.13. The van der Waals surface area contributed by atoms with Crippen LogP contribution in [-0.2, 0) is 14.8 Å². The van der Waals surface area contributed by atoms with Crippen molar-refractivity contribution in [1.29, 1.82) is 0 Å². The lowest BCUT2D eigenvalue weighted by Crippen LogP contribution is -2.59. The first-order valence-electron chi connectivity index (χ1n) is 8.77. The molecule has 0 aliphatic carbocycles. The number of sulfonamides is 1. The standard InChI is InChI=1S/C14H22N2O5S.C6H6/c1-5-20-11-6-8-12(9-7-11)21-10-14(2,13(17)15-3)16-22(4,18)19;1-2-4-6-5-3-1/h6-9,16H,5,10H2,1-4H3,(H,15,17);1-6H. The number of likely N-dealkylation sites (N-methyl/N-ethyl adjacent to an activating group) is 1. The van der Waals surface area contributed by atoms with E-state index in [4.69, 9.17) is 9.47 Å². The Morgan fingerprint density at radius 3 is 1.75 bits per heavy atom. The Balaban J connectivity index is 0.000000552. The van der Waals surface area contributed by atoms with Gasteiger partial charge in [0.2, 0.25) is 15.9 Å². The van der Waals surface area contributed by atoms with Crippen molar-refractivity contribution in [3.63, 3.8) is 0 Å². The van der Waals surface area contributed by atoms with Crippen molar-refractivity contribution in [1.82, 2.24) is 10.0 Å². The molecule has 0 radical (unpaired) electrons. The lowest BCUT2D eigenvalue weighted by Gasteiger charge is -2.27. The summed E-state index contributed by atoms with van der Waals surface area (Å²) in [5.41, 5.74) is -1.40. The minimum absolute atomic E-state index is 0.145. The summed E-state index contributed by atoms with van der Waals surface area (Å²) in [6, 6.07) is 18.9. The number of benzene rings is 2. The van der Waals surface area contributed by atoms with Crippen molar-refractivity contribution < 1.29 is 22.7 Å². The van der Waals surface area contributed by atoms with Gasteiger partial charge in [0.15, 0.2) is 0 Å². The summed E-state index contributed by atoms with van der Waals surface area (Å²) in [7, 11) is -2.13. The number of hydrogen-bond acceptors (Lipinski definition) is 5. The number of carbonyl (C=O) groups excluding carboxylic acids is 1. The lowest BCUT2D eigenvalue weighted by molar-refractivity contribution is -0.126. The van der Waals surface area contributed by atoms with Crippen LogP contribution in [-0.4, -0.2) is 46.4 Å². The van der Waals surface area contributed by atoms with E-state index in [-0.39, 0.29) is 6.61 Å². The molecular weight excluding hydrogens is 380 g/mol. The number of amides is 1. The van der Waals surface area contributed by atoms with E-state index in [1.54, 1.807) is 24.3 Å². The topological polar surface area (TPSA) is 93.7 Å². The second-order valence-corrected chi connectivity index (χ2v) is 7.88. The molecule has 0 fully saturated rings. The molecule has 2 rings (SSSR count). The zero-order chi connectivity index (χ0) is 21.0. The van der Waals surface area contributed by atoms with Gasteiger partial charge in [-0.05, 0) is 38.1 Å². The highest BCUT2D eigenvalue weighted by atomic mass is 32.2. The van der Waals surface area contributed by atoms with E-state index in [1.807, 2.05) is 43.3 Å². The van der Waals surface area contributed by atoms with Crippen LogP contribution in [0.15, 0.2) is 60.7 Å². The van der Waals surface area contributed by atoms with Gasteiger partial charge in [0.1, 0.15) is 23.6 Å². The van der Waals surface area contributed by atoms with E-state index in [0.29, 0.717) is 18.1 Å². The van der Waals surface area contributed by atoms with Gasteiger partial charge in [0.05, 0.1) is 12.9 Å². The van der Waals surface area contributed by atoms with E-state index in [2.05, 4.69) is 10.0 Å². The molecule has 8 heteroatoms. The Hall–Kier alpha value is -2.58. The van der Waals surface area contributed by atoms with Crippen LogP contribution < -0.4 is 19.5 Å². The summed E-state index contributed by atoms with van der Waals surface area (Å²) in [5, 5.41) is 2.42. The highest BCUT2D eigenvalue weighted by Crippen LogP contribution is 2.19. The third-order valence-electron chi connectivity index (χ3n) is 3.47. The molecule has 0 saturated carbocycles. The molecule has 2 aromatic carbocycles. The molecule has 2 aromatic rings. The highest BCUT2D eigenvalue weighted by Gasteiger charge is 2.36. The van der Waals surface area contributed by atoms with E-state index in [0.717, 1.165) is 6.26 Å². The average Bonchev–Trinajstić information content (AvgIpc) is 2.67. The maximum Gasteiger partial charge on any atom is 0.244 e. The molecule has 7 nitrogen and oxygen atoms in total. The van der Waals surface area contributed by atoms with Crippen molar-refractivity contribution >= 4 is 15.9 Å². The van der Waals surface area contributed by atoms with Gasteiger partial charge in [-0.3, -0.25) is 4.79 Å². The average molecular weight is 409 g/mol. The first-order chi connectivity index (χ1) is 13.2. The van der Waals surface area contributed by atoms with E-state index < -0.39 is 21.5 Å². The summed E-state index contributed by atoms with van der Waals surface area (Å²) >= 11 is 0. The summed E-state index contributed by atoms with van der Waals surface area (Å²) in [5.74, 6) is 0.732. The van der Waals surface area contributed by atoms with Crippen LogP contribution in [0.4, 0.5) is 0 Å². The number of ether oxygens (including phenoxy) is 2. The number of hydrogen-bond donors (Lipinski definition) is 2. The zero-order valence-electron chi connectivity index (χ0n) is 16.6. The SMILES string of the molecule is CCOc1ccc(OCC(C)(NS(C)(=O)=O)C(=O)NC)cc1.c1ccccc1. The Bertz CT molecular complexity index is 784. The molecule has 0 saturated heterocycles. The van der Waals surface area contributed by atoms with Gasteiger partial charge in [0, 0.05) is 7.05 Å². The summed E-state index contributed by atoms with van der Waals surface area (Å²) in [4.78, 5) is 11.9. The number of nitrogens with one attached hydrogen (secondary N) is 2. The largest absolute Gasteiger partial charge is 0.494 e. The van der Waals surface area contributed by atoms with Crippen LogP contribution in [0.3, 0.4) is 0 Å². The van der Waals surface area contributed by atoms with Gasteiger partial charge in [-0.1, -0.05) is 36.4 Å². The van der Waals surface area contributed by atoms with Crippen LogP contribution >= 0.6 is 0 Å². The molecule has 0 aliphatic rings. The fraction of sp³-hybridized carbons (Fsp3) is 0.350. The Morgan fingerprint density at radius 1 is 0.964 bits per heavy atom. The van der Waals surface area contributed by atoms with Crippen LogP contribution in [0.25, 0.3) is 0 Å². The van der Waals surface area contributed by atoms with Crippen LogP contribution in [0.2, 0.25) is 0 Å². The predicted octanol–water partition coefficient (Wildman–Crippen LogP) is 2.20. The third kappa shape index (κ3) is 8.88. The Morgan fingerprint density at radius 2 is 1.39 bits per heavy atom. The highest BCUT2D eigenvalue weighted by molar-refractivity contribution is 7.88. The van der Waals surface area contributed by atoms with Gasteiger partial charge in [-0.2, -0.15) is 4.72 Å². The minimum Gasteiger partial charge on any atom is -0.494 e. The molecule has 154 valence electrons. The molecule has 0 bridgehead atoms. The lowest BCUT2D eigenvalue weighted by atomic mass is 10.0. The Kier molecular flexibility index (Phi) is 9.47. The molecule has 1 atom stereocenters. The summed E-state index contributed by atoms with van der Waals surface area (Å²) in [6.45, 7) is 3.76. The van der Waals surface area contributed by atoms with Gasteiger partial charge in [-0.15, -0.1) is 0 Å². The molecule has 0 aliphatic heterocycles. The van der Waals surface area contributed by atoms with E-state index >= 15 is 0 Å². The first kappa shape index (κ1) is 23.5. The van der Waals surface area contributed by atoms with Crippen LogP contribution in [0.5, 0.6) is 11.5 Å². The molecule has 28 heavy (non-hydrogen) atoms. The molecular formula is C20H28N2O5S. The molecule has 0 aromatic heterocycles. The zero-order valence-corrected chi connectivity index (χ0v) is 17.5. The van der Waals surface area contributed by atoms with Gasteiger partial charge in [0.25, 0.3) is 0 Å². The van der Waals surface area contributed by atoms with Crippen molar-refractivity contribution in [2.24, 2.45) is 0 Å².